The zero-order valence-electron chi connectivity index (χ0n) is 16.5. The van der Waals surface area contributed by atoms with Gasteiger partial charge in [-0.2, -0.15) is 5.10 Å². The Morgan fingerprint density at radius 1 is 1.07 bits per heavy atom. The van der Waals surface area contributed by atoms with Crippen molar-refractivity contribution < 1.29 is 13.2 Å². The van der Waals surface area contributed by atoms with Crippen molar-refractivity contribution >= 4 is 21.6 Å². The lowest BCUT2D eigenvalue weighted by molar-refractivity contribution is 0.102. The smallest absolute Gasteiger partial charge is 0.255 e. The van der Waals surface area contributed by atoms with E-state index in [1.165, 1.54) is 30.6 Å². The minimum Gasteiger partial charge on any atom is -0.322 e. The summed E-state index contributed by atoms with van der Waals surface area (Å²) in [6.07, 6.45) is 3.05. The minimum atomic E-state index is -3.65. The number of aromatic nitrogens is 3. The first-order valence-corrected chi connectivity index (χ1v) is 10.5. The Balaban J connectivity index is 1.75. The van der Waals surface area contributed by atoms with E-state index < -0.39 is 15.6 Å². The van der Waals surface area contributed by atoms with Crippen LogP contribution in [-0.2, 0) is 16.6 Å². The molecule has 0 unspecified atom stereocenters. The summed E-state index contributed by atoms with van der Waals surface area (Å²) >= 11 is 0. The number of para-hydroxylation sites is 1. The van der Waals surface area contributed by atoms with Gasteiger partial charge in [-0.3, -0.25) is 4.79 Å². The third-order valence-corrected chi connectivity index (χ3v) is 5.71. The number of carbonyl (C=O) groups excluding carboxylic acids is 1. The van der Waals surface area contributed by atoms with Crippen LogP contribution in [0.15, 0.2) is 66.1 Å². The summed E-state index contributed by atoms with van der Waals surface area (Å²) < 4.78 is 29.0. The molecule has 8 nitrogen and oxygen atoms in total. The Kier molecular flexibility index (Phi) is 5.81. The lowest BCUT2D eigenvalue weighted by atomic mass is 10.1. The highest BCUT2D eigenvalue weighted by atomic mass is 32.2. The molecule has 0 spiro atoms. The van der Waals surface area contributed by atoms with Crippen molar-refractivity contribution in [2.24, 2.45) is 0 Å². The van der Waals surface area contributed by atoms with E-state index in [1.807, 2.05) is 18.2 Å². The number of carbonyl (C=O) groups is 1. The van der Waals surface area contributed by atoms with Gasteiger partial charge in [0.2, 0.25) is 10.0 Å². The standard InChI is InChI=1S/C20H23N5O3S/c1-20(2,3)24-29(27,28)17-10-8-15(9-11-17)19(26)23-18-7-5-4-6-16(18)12-25-14-21-13-22-25/h4-11,13-14,24H,12H2,1-3H3,(H,23,26). The van der Waals surface area contributed by atoms with Crippen molar-refractivity contribution in [2.75, 3.05) is 5.32 Å². The number of nitrogens with one attached hydrogen (secondary N) is 2. The highest BCUT2D eigenvalue weighted by Gasteiger charge is 2.22. The summed E-state index contributed by atoms with van der Waals surface area (Å²) in [7, 11) is -3.65. The predicted molar refractivity (Wildman–Crippen MR) is 110 cm³/mol. The van der Waals surface area contributed by atoms with Crippen LogP contribution in [0.4, 0.5) is 5.69 Å². The second kappa shape index (κ2) is 8.14. The van der Waals surface area contributed by atoms with Crippen LogP contribution in [0.1, 0.15) is 36.7 Å². The number of hydrogen-bond donors (Lipinski definition) is 2. The van der Waals surface area contributed by atoms with Crippen LogP contribution in [0.2, 0.25) is 0 Å². The summed E-state index contributed by atoms with van der Waals surface area (Å²) in [5.41, 5.74) is 1.29. The average Bonchev–Trinajstić information content (AvgIpc) is 3.14. The van der Waals surface area contributed by atoms with Gasteiger partial charge in [-0.25, -0.2) is 22.8 Å². The quantitative estimate of drug-likeness (QED) is 0.646. The van der Waals surface area contributed by atoms with Gasteiger partial charge >= 0.3 is 0 Å². The molecule has 1 aromatic heterocycles. The summed E-state index contributed by atoms with van der Waals surface area (Å²) in [6.45, 7) is 5.77. The number of rotatable bonds is 6. The molecule has 2 aromatic carbocycles. The molecular weight excluding hydrogens is 390 g/mol. The van der Waals surface area contributed by atoms with Crippen LogP contribution >= 0.6 is 0 Å². The van der Waals surface area contributed by atoms with Gasteiger partial charge in [-0.05, 0) is 56.7 Å². The molecule has 0 aliphatic rings. The van der Waals surface area contributed by atoms with E-state index in [4.69, 9.17) is 0 Å². The van der Waals surface area contributed by atoms with Gasteiger partial charge in [-0.1, -0.05) is 18.2 Å². The normalized spacial score (nSPS) is 12.0. The highest BCUT2D eigenvalue weighted by molar-refractivity contribution is 7.89. The van der Waals surface area contributed by atoms with E-state index in [0.717, 1.165) is 5.56 Å². The molecule has 0 saturated carbocycles. The van der Waals surface area contributed by atoms with E-state index in [2.05, 4.69) is 20.1 Å². The summed E-state index contributed by atoms with van der Waals surface area (Å²) in [6, 6.07) is 13.2. The molecule has 0 radical (unpaired) electrons. The van der Waals surface area contributed by atoms with Gasteiger partial charge < -0.3 is 5.32 Å². The summed E-state index contributed by atoms with van der Waals surface area (Å²) in [5.74, 6) is -0.330. The Labute approximate surface area is 170 Å². The van der Waals surface area contributed by atoms with Gasteiger partial charge in [0.25, 0.3) is 5.91 Å². The van der Waals surface area contributed by atoms with Crippen LogP contribution in [-0.4, -0.2) is 34.6 Å². The first kappa shape index (κ1) is 20.7. The lowest BCUT2D eigenvalue weighted by Crippen LogP contribution is -2.40. The Morgan fingerprint density at radius 3 is 2.38 bits per heavy atom. The topological polar surface area (TPSA) is 106 Å². The largest absolute Gasteiger partial charge is 0.322 e. The SMILES string of the molecule is CC(C)(C)NS(=O)(=O)c1ccc(C(=O)Nc2ccccc2Cn2cncn2)cc1. The number of hydrogen-bond acceptors (Lipinski definition) is 5. The van der Waals surface area contributed by atoms with Crippen LogP contribution in [0, 0.1) is 0 Å². The molecule has 0 atom stereocenters. The number of sulfonamides is 1. The number of benzene rings is 2. The van der Waals surface area contributed by atoms with Gasteiger partial charge in [0.15, 0.2) is 0 Å². The van der Waals surface area contributed by atoms with Gasteiger partial charge in [0.05, 0.1) is 11.4 Å². The fourth-order valence-electron chi connectivity index (χ4n) is 2.71. The van der Waals surface area contributed by atoms with Crippen molar-refractivity contribution in [1.82, 2.24) is 19.5 Å². The Morgan fingerprint density at radius 2 is 1.76 bits per heavy atom. The maximum atomic E-state index is 12.6. The van der Waals surface area contributed by atoms with Crippen LogP contribution in [0.5, 0.6) is 0 Å². The molecule has 2 N–H and O–H groups in total. The second-order valence-electron chi connectivity index (χ2n) is 7.58. The summed E-state index contributed by atoms with van der Waals surface area (Å²) in [4.78, 5) is 16.7. The third-order valence-electron chi connectivity index (χ3n) is 3.93. The van der Waals surface area contributed by atoms with Crippen LogP contribution < -0.4 is 10.0 Å². The maximum absolute atomic E-state index is 12.6. The molecule has 9 heteroatoms. The molecule has 1 amide bonds. The maximum Gasteiger partial charge on any atom is 0.255 e. The van der Waals surface area contributed by atoms with Crippen LogP contribution in [0.25, 0.3) is 0 Å². The van der Waals surface area contributed by atoms with E-state index in [-0.39, 0.29) is 10.8 Å². The number of nitrogens with zero attached hydrogens (tertiary/aromatic N) is 3. The fraction of sp³-hybridized carbons (Fsp3) is 0.250. The first-order chi connectivity index (χ1) is 13.6. The lowest BCUT2D eigenvalue weighted by Gasteiger charge is -2.20. The highest BCUT2D eigenvalue weighted by Crippen LogP contribution is 2.19. The molecular formula is C20H23N5O3S. The molecule has 0 bridgehead atoms. The number of amides is 1. The summed E-state index contributed by atoms with van der Waals surface area (Å²) in [5, 5.41) is 6.95. The molecule has 0 aliphatic heterocycles. The zero-order chi connectivity index (χ0) is 21.1. The third kappa shape index (κ3) is 5.49. The molecule has 152 valence electrons. The average molecular weight is 414 g/mol. The molecule has 3 aromatic rings. The first-order valence-electron chi connectivity index (χ1n) is 9.00. The van der Waals surface area contributed by atoms with E-state index >= 15 is 0 Å². The Bertz CT molecular complexity index is 1090. The predicted octanol–water partition coefficient (Wildman–Crippen LogP) is 2.66. The molecule has 0 aliphatic carbocycles. The van der Waals surface area contributed by atoms with Crippen molar-refractivity contribution in [1.29, 1.82) is 0 Å². The van der Waals surface area contributed by atoms with Crippen molar-refractivity contribution in [3.63, 3.8) is 0 Å². The van der Waals surface area contributed by atoms with E-state index in [9.17, 15) is 13.2 Å². The van der Waals surface area contributed by atoms with E-state index in [0.29, 0.717) is 17.8 Å². The van der Waals surface area contributed by atoms with Gasteiger partial charge in [0.1, 0.15) is 12.7 Å². The van der Waals surface area contributed by atoms with E-state index in [1.54, 1.807) is 37.8 Å². The number of anilines is 1. The molecule has 0 saturated heterocycles. The van der Waals surface area contributed by atoms with Crippen molar-refractivity contribution in [3.05, 3.63) is 72.3 Å². The van der Waals surface area contributed by atoms with Crippen LogP contribution in [0.3, 0.4) is 0 Å². The molecule has 1 heterocycles. The monoisotopic (exact) mass is 413 g/mol. The molecule has 29 heavy (non-hydrogen) atoms. The second-order valence-corrected chi connectivity index (χ2v) is 9.27. The van der Waals surface area contributed by atoms with Gasteiger partial charge in [0, 0.05) is 16.8 Å². The fourth-order valence-corrected chi connectivity index (χ4v) is 4.13. The molecule has 0 fully saturated rings. The Hall–Kier alpha value is -3.04. The molecule has 3 rings (SSSR count). The van der Waals surface area contributed by atoms with Crippen molar-refractivity contribution in [3.8, 4) is 0 Å². The van der Waals surface area contributed by atoms with Crippen molar-refractivity contribution in [2.45, 2.75) is 37.8 Å². The van der Waals surface area contributed by atoms with Gasteiger partial charge in [-0.15, -0.1) is 0 Å². The minimum absolute atomic E-state index is 0.107. The zero-order valence-corrected chi connectivity index (χ0v) is 17.3.